The summed E-state index contributed by atoms with van der Waals surface area (Å²) in [6.45, 7) is 3.44. The van der Waals surface area contributed by atoms with Gasteiger partial charge in [-0.25, -0.2) is 0 Å². The zero-order valence-electron chi connectivity index (χ0n) is 9.09. The maximum atomic E-state index is 9.90. The molecule has 3 rings (SSSR count). The molecule has 1 aromatic rings. The van der Waals surface area contributed by atoms with Crippen LogP contribution in [0.1, 0.15) is 30.9 Å². The van der Waals surface area contributed by atoms with Crippen LogP contribution >= 0.6 is 0 Å². The Balaban J connectivity index is 2.17. The van der Waals surface area contributed by atoms with E-state index in [1.807, 2.05) is 12.1 Å². The van der Waals surface area contributed by atoms with E-state index in [0.29, 0.717) is 11.8 Å². The number of phenols is 1. The molecule has 2 atom stereocenters. The van der Waals surface area contributed by atoms with Gasteiger partial charge in [0.25, 0.3) is 0 Å². The van der Waals surface area contributed by atoms with Crippen molar-refractivity contribution >= 4 is 0 Å². The summed E-state index contributed by atoms with van der Waals surface area (Å²) in [7, 11) is 0. The summed E-state index contributed by atoms with van der Waals surface area (Å²) in [5.74, 6) is 0.479. The van der Waals surface area contributed by atoms with Crippen molar-refractivity contribution < 1.29 is 5.11 Å². The van der Waals surface area contributed by atoms with E-state index >= 15 is 0 Å². The van der Waals surface area contributed by atoms with Crippen LogP contribution < -0.4 is 5.32 Å². The second-order valence-corrected chi connectivity index (χ2v) is 5.17. The first-order valence-electron chi connectivity index (χ1n) is 5.74. The maximum Gasteiger partial charge on any atom is 0.119 e. The van der Waals surface area contributed by atoms with Crippen LogP contribution in [0.15, 0.2) is 18.2 Å². The lowest BCUT2D eigenvalue weighted by Gasteiger charge is -2.45. The maximum absolute atomic E-state index is 9.90. The van der Waals surface area contributed by atoms with Crippen LogP contribution in [-0.4, -0.2) is 17.7 Å². The molecule has 15 heavy (non-hydrogen) atoms. The minimum absolute atomic E-state index is 0.280. The molecule has 2 unspecified atom stereocenters. The fourth-order valence-electron chi connectivity index (χ4n) is 3.26. The van der Waals surface area contributed by atoms with Gasteiger partial charge < -0.3 is 10.4 Å². The van der Waals surface area contributed by atoms with Crippen LogP contribution in [0, 0.1) is 0 Å². The fourth-order valence-corrected chi connectivity index (χ4v) is 3.26. The average molecular weight is 203 g/mol. The number of benzene rings is 1. The van der Waals surface area contributed by atoms with Gasteiger partial charge in [0.15, 0.2) is 0 Å². The van der Waals surface area contributed by atoms with Crippen LogP contribution in [-0.2, 0) is 11.8 Å². The monoisotopic (exact) mass is 203 g/mol. The second-order valence-electron chi connectivity index (χ2n) is 5.17. The predicted octanol–water partition coefficient (Wildman–Crippen LogP) is 1.96. The summed E-state index contributed by atoms with van der Waals surface area (Å²) >= 11 is 0. The minimum Gasteiger partial charge on any atom is -0.508 e. The number of rotatable bonds is 0. The van der Waals surface area contributed by atoms with Gasteiger partial charge in [-0.15, -0.1) is 0 Å². The van der Waals surface area contributed by atoms with Crippen LogP contribution in [0.25, 0.3) is 0 Å². The highest BCUT2D eigenvalue weighted by Gasteiger charge is 2.39. The van der Waals surface area contributed by atoms with Crippen LogP contribution in [0.5, 0.6) is 5.75 Å². The predicted molar refractivity (Wildman–Crippen MR) is 60.2 cm³/mol. The third-order valence-corrected chi connectivity index (χ3v) is 4.06. The van der Waals surface area contributed by atoms with Crippen LogP contribution in [0.2, 0.25) is 0 Å². The molecule has 0 aromatic heterocycles. The van der Waals surface area contributed by atoms with E-state index in [9.17, 15) is 5.11 Å². The Morgan fingerprint density at radius 2 is 2.33 bits per heavy atom. The highest BCUT2D eigenvalue weighted by molar-refractivity contribution is 5.46. The van der Waals surface area contributed by atoms with Crippen molar-refractivity contribution in [3.05, 3.63) is 29.3 Å². The Labute approximate surface area is 90.3 Å². The number of hydrogen-bond acceptors (Lipinski definition) is 2. The number of fused-ring (bicyclic) bond motifs is 4. The first-order valence-corrected chi connectivity index (χ1v) is 5.74. The summed E-state index contributed by atoms with van der Waals surface area (Å²) in [5, 5.41) is 13.4. The fraction of sp³-hybridized carbons (Fsp3) is 0.538. The minimum atomic E-state index is 0.280. The average Bonchev–Trinajstić information content (AvgIpc) is 2.20. The van der Waals surface area contributed by atoms with Gasteiger partial charge in [-0.3, -0.25) is 0 Å². The van der Waals surface area contributed by atoms with Gasteiger partial charge in [0.05, 0.1) is 0 Å². The van der Waals surface area contributed by atoms with E-state index < -0.39 is 0 Å². The van der Waals surface area contributed by atoms with Gasteiger partial charge in [0, 0.05) is 6.04 Å². The van der Waals surface area contributed by atoms with Crippen molar-refractivity contribution in [2.75, 3.05) is 6.54 Å². The molecular weight excluding hydrogens is 186 g/mol. The van der Waals surface area contributed by atoms with E-state index in [1.165, 1.54) is 24.0 Å². The van der Waals surface area contributed by atoms with E-state index in [4.69, 9.17) is 0 Å². The van der Waals surface area contributed by atoms with Crippen LogP contribution in [0.4, 0.5) is 0 Å². The number of phenolic OH excluding ortho intramolecular Hbond substituents is 1. The summed E-state index contributed by atoms with van der Waals surface area (Å²) in [4.78, 5) is 0. The molecule has 2 N–H and O–H groups in total. The lowest BCUT2D eigenvalue weighted by molar-refractivity contribution is 0.246. The molecule has 2 bridgehead atoms. The SMILES string of the molecule is CC12CCNC(Cc3c(O)cccc31)C2. The van der Waals surface area contributed by atoms with Gasteiger partial charge in [-0.05, 0) is 48.4 Å². The van der Waals surface area contributed by atoms with Gasteiger partial charge in [0.1, 0.15) is 5.75 Å². The molecule has 0 spiro atoms. The van der Waals surface area contributed by atoms with Gasteiger partial charge >= 0.3 is 0 Å². The van der Waals surface area contributed by atoms with Crippen molar-refractivity contribution in [2.45, 2.75) is 37.6 Å². The molecular formula is C13H17NO. The third kappa shape index (κ3) is 1.28. The second kappa shape index (κ2) is 2.99. The lowest BCUT2D eigenvalue weighted by Crippen LogP contribution is -2.49. The number of nitrogens with one attached hydrogen (secondary N) is 1. The first-order chi connectivity index (χ1) is 7.19. The molecule has 2 heteroatoms. The Morgan fingerprint density at radius 1 is 1.47 bits per heavy atom. The standard InChI is InChI=1S/C13H17NO/c1-13-5-6-14-9(8-13)7-10-11(13)3-2-4-12(10)15/h2-4,9,14-15H,5-8H2,1H3. The molecule has 1 aromatic carbocycles. The molecule has 0 radical (unpaired) electrons. The molecule has 1 heterocycles. The van der Waals surface area contributed by atoms with Crippen molar-refractivity contribution in [2.24, 2.45) is 0 Å². The van der Waals surface area contributed by atoms with Crippen molar-refractivity contribution in [3.8, 4) is 5.75 Å². The number of piperidine rings is 1. The quantitative estimate of drug-likeness (QED) is 0.675. The van der Waals surface area contributed by atoms with Gasteiger partial charge in [-0.2, -0.15) is 0 Å². The van der Waals surface area contributed by atoms with Crippen molar-refractivity contribution in [1.29, 1.82) is 0 Å². The highest BCUT2D eigenvalue weighted by Crippen LogP contribution is 2.44. The smallest absolute Gasteiger partial charge is 0.119 e. The Bertz CT molecular complexity index is 402. The number of hydrogen-bond donors (Lipinski definition) is 2. The summed E-state index contributed by atoms with van der Waals surface area (Å²) in [5.41, 5.74) is 2.83. The molecule has 1 saturated heterocycles. The first kappa shape index (κ1) is 9.22. The van der Waals surface area contributed by atoms with E-state index in [-0.39, 0.29) is 5.41 Å². The van der Waals surface area contributed by atoms with Crippen LogP contribution in [0.3, 0.4) is 0 Å². The zero-order valence-corrected chi connectivity index (χ0v) is 9.09. The lowest BCUT2D eigenvalue weighted by atomic mass is 9.65. The number of aromatic hydroxyl groups is 1. The largest absolute Gasteiger partial charge is 0.508 e. The summed E-state index contributed by atoms with van der Waals surface area (Å²) in [6.07, 6.45) is 3.38. The van der Waals surface area contributed by atoms with E-state index in [0.717, 1.165) is 13.0 Å². The summed E-state index contributed by atoms with van der Waals surface area (Å²) < 4.78 is 0. The van der Waals surface area contributed by atoms with Crippen molar-refractivity contribution in [1.82, 2.24) is 5.32 Å². The third-order valence-electron chi connectivity index (χ3n) is 4.06. The molecule has 0 amide bonds. The Hall–Kier alpha value is -1.02. The Morgan fingerprint density at radius 3 is 3.20 bits per heavy atom. The molecule has 80 valence electrons. The summed E-state index contributed by atoms with van der Waals surface area (Å²) in [6, 6.07) is 6.53. The normalized spacial score (nSPS) is 33.5. The topological polar surface area (TPSA) is 32.3 Å². The molecule has 1 aliphatic carbocycles. The van der Waals surface area contributed by atoms with Crippen molar-refractivity contribution in [3.63, 3.8) is 0 Å². The molecule has 0 saturated carbocycles. The van der Waals surface area contributed by atoms with E-state index in [1.54, 1.807) is 0 Å². The molecule has 1 aliphatic heterocycles. The zero-order chi connectivity index (χ0) is 10.5. The van der Waals surface area contributed by atoms with E-state index in [2.05, 4.69) is 18.3 Å². The molecule has 2 nitrogen and oxygen atoms in total. The van der Waals surface area contributed by atoms with Gasteiger partial charge in [0.2, 0.25) is 0 Å². The molecule has 2 aliphatic rings. The highest BCUT2D eigenvalue weighted by atomic mass is 16.3. The van der Waals surface area contributed by atoms with Gasteiger partial charge in [-0.1, -0.05) is 19.1 Å². The molecule has 1 fully saturated rings. The Kier molecular flexibility index (Phi) is 1.84.